The molecule has 1 aliphatic heterocycles. The minimum absolute atomic E-state index is 0.0454. The van der Waals surface area contributed by atoms with Crippen LogP contribution < -0.4 is 15.4 Å². The predicted molar refractivity (Wildman–Crippen MR) is 96.9 cm³/mol. The summed E-state index contributed by atoms with van der Waals surface area (Å²) in [4.78, 5) is 14.1. The number of nitrogens with one attached hydrogen (secondary N) is 2. The highest BCUT2D eigenvalue weighted by molar-refractivity contribution is 7.16. The van der Waals surface area contributed by atoms with Gasteiger partial charge in [0.05, 0.1) is 12.7 Å². The maximum atomic E-state index is 12.7. The van der Waals surface area contributed by atoms with E-state index in [0.717, 1.165) is 40.6 Å². The second-order valence-corrected chi connectivity index (χ2v) is 7.66. The summed E-state index contributed by atoms with van der Waals surface area (Å²) in [5.41, 5.74) is 3.16. The zero-order valence-electron chi connectivity index (χ0n) is 14.0. The zero-order chi connectivity index (χ0) is 16.7. The van der Waals surface area contributed by atoms with Crippen molar-refractivity contribution in [1.82, 2.24) is 5.32 Å². The summed E-state index contributed by atoms with van der Waals surface area (Å²) in [6.45, 7) is 2.26. The van der Waals surface area contributed by atoms with E-state index in [4.69, 9.17) is 4.74 Å². The van der Waals surface area contributed by atoms with E-state index in [1.165, 1.54) is 23.3 Å². The second-order valence-electron chi connectivity index (χ2n) is 6.55. The van der Waals surface area contributed by atoms with Crippen LogP contribution in [0.2, 0.25) is 0 Å². The van der Waals surface area contributed by atoms with E-state index in [9.17, 15) is 4.79 Å². The van der Waals surface area contributed by atoms with Gasteiger partial charge in [0.15, 0.2) is 0 Å². The van der Waals surface area contributed by atoms with Gasteiger partial charge >= 0.3 is 0 Å². The number of hydrogen-bond donors (Lipinski definition) is 2. The van der Waals surface area contributed by atoms with Crippen molar-refractivity contribution in [2.24, 2.45) is 5.92 Å². The highest BCUT2D eigenvalue weighted by Gasteiger charge is 2.33. The second kappa shape index (κ2) is 6.13. The van der Waals surface area contributed by atoms with Gasteiger partial charge in [-0.25, -0.2) is 0 Å². The Kier molecular flexibility index (Phi) is 3.96. The highest BCUT2D eigenvalue weighted by Crippen LogP contribution is 2.43. The number of thiophene rings is 1. The van der Waals surface area contributed by atoms with Crippen LogP contribution in [-0.4, -0.2) is 13.0 Å². The Morgan fingerprint density at radius 2 is 2.21 bits per heavy atom. The molecule has 0 spiro atoms. The molecular formula is C19H22N2O2S. The van der Waals surface area contributed by atoms with Crippen molar-refractivity contribution in [2.75, 3.05) is 12.4 Å². The van der Waals surface area contributed by atoms with Crippen molar-refractivity contribution in [2.45, 2.75) is 38.8 Å². The molecule has 0 saturated carbocycles. The van der Waals surface area contributed by atoms with Crippen molar-refractivity contribution >= 4 is 22.2 Å². The summed E-state index contributed by atoms with van der Waals surface area (Å²) in [5.74, 6) is 1.60. The van der Waals surface area contributed by atoms with Crippen LogP contribution in [0.3, 0.4) is 0 Å². The highest BCUT2D eigenvalue weighted by atomic mass is 32.1. The molecule has 2 atom stereocenters. The third kappa shape index (κ3) is 2.57. The van der Waals surface area contributed by atoms with E-state index < -0.39 is 0 Å². The van der Waals surface area contributed by atoms with Crippen LogP contribution in [0.25, 0.3) is 0 Å². The van der Waals surface area contributed by atoms with Crippen molar-refractivity contribution in [3.8, 4) is 5.75 Å². The topological polar surface area (TPSA) is 50.4 Å². The average Bonchev–Trinajstić information content (AvgIpc) is 2.99. The molecule has 4 rings (SSSR count). The minimum Gasteiger partial charge on any atom is -0.497 e. The van der Waals surface area contributed by atoms with Gasteiger partial charge in [0, 0.05) is 4.88 Å². The summed E-state index contributed by atoms with van der Waals surface area (Å²) in [5, 5.41) is 7.64. The van der Waals surface area contributed by atoms with E-state index in [0.29, 0.717) is 0 Å². The molecular weight excluding hydrogens is 320 g/mol. The summed E-state index contributed by atoms with van der Waals surface area (Å²) >= 11 is 1.77. The van der Waals surface area contributed by atoms with E-state index in [1.54, 1.807) is 18.4 Å². The standard InChI is InChI=1S/C19H22N2O2S/c1-3-11-7-8-14-15(9-11)24-19-16(14)18(22)20-17(21-19)12-5-4-6-13(10-12)23-2/h4-6,10-11,17,21H,3,7-9H2,1-2H3,(H,20,22). The van der Waals surface area contributed by atoms with Crippen LogP contribution in [0.5, 0.6) is 5.75 Å². The van der Waals surface area contributed by atoms with Crippen molar-refractivity contribution in [3.05, 3.63) is 45.8 Å². The third-order valence-corrected chi connectivity index (χ3v) is 6.34. The first kappa shape index (κ1) is 15.5. The quantitative estimate of drug-likeness (QED) is 0.882. The Labute approximate surface area is 146 Å². The fraction of sp³-hybridized carbons (Fsp3) is 0.421. The maximum absolute atomic E-state index is 12.7. The van der Waals surface area contributed by atoms with Crippen LogP contribution in [0.15, 0.2) is 24.3 Å². The van der Waals surface area contributed by atoms with Crippen molar-refractivity contribution in [1.29, 1.82) is 0 Å². The predicted octanol–water partition coefficient (Wildman–Crippen LogP) is 4.13. The molecule has 24 heavy (non-hydrogen) atoms. The molecule has 126 valence electrons. The molecule has 1 aromatic carbocycles. The van der Waals surface area contributed by atoms with Crippen LogP contribution in [-0.2, 0) is 12.8 Å². The van der Waals surface area contributed by atoms with Gasteiger partial charge in [0.1, 0.15) is 16.9 Å². The molecule has 1 amide bonds. The van der Waals surface area contributed by atoms with Gasteiger partial charge in [-0.3, -0.25) is 4.79 Å². The van der Waals surface area contributed by atoms with Gasteiger partial charge in [-0.1, -0.05) is 25.5 Å². The summed E-state index contributed by atoms with van der Waals surface area (Å²) in [6.07, 6.45) is 4.34. The molecule has 1 aromatic heterocycles. The molecule has 2 heterocycles. The number of carbonyl (C=O) groups excluding carboxylic acids is 1. The Morgan fingerprint density at radius 3 is 3.00 bits per heavy atom. The Balaban J connectivity index is 1.66. The fourth-order valence-corrected chi connectivity index (χ4v) is 5.09. The normalized spacial score (nSPS) is 22.2. The van der Waals surface area contributed by atoms with Gasteiger partial charge < -0.3 is 15.4 Å². The number of ether oxygens (including phenoxy) is 1. The molecule has 2 aromatic rings. The number of methoxy groups -OCH3 is 1. The first-order chi connectivity index (χ1) is 11.7. The number of benzene rings is 1. The lowest BCUT2D eigenvalue weighted by atomic mass is 9.85. The smallest absolute Gasteiger partial charge is 0.256 e. The van der Waals surface area contributed by atoms with E-state index in [1.807, 2.05) is 24.3 Å². The number of hydrogen-bond acceptors (Lipinski definition) is 4. The van der Waals surface area contributed by atoms with E-state index in [2.05, 4.69) is 17.6 Å². The maximum Gasteiger partial charge on any atom is 0.256 e. The molecule has 5 heteroatoms. The molecule has 2 aliphatic rings. The number of rotatable bonds is 3. The Morgan fingerprint density at radius 1 is 1.33 bits per heavy atom. The Hall–Kier alpha value is -2.01. The SMILES string of the molecule is CCC1CCc2c(sc3c2C(=O)NC(c2cccc(OC)c2)N3)C1. The average molecular weight is 342 g/mol. The summed E-state index contributed by atoms with van der Waals surface area (Å²) in [6, 6.07) is 7.83. The van der Waals surface area contributed by atoms with Gasteiger partial charge in [-0.2, -0.15) is 0 Å². The van der Waals surface area contributed by atoms with Crippen LogP contribution in [0.4, 0.5) is 5.00 Å². The number of anilines is 1. The number of fused-ring (bicyclic) bond motifs is 3. The van der Waals surface area contributed by atoms with Crippen LogP contribution >= 0.6 is 11.3 Å². The monoisotopic (exact) mass is 342 g/mol. The molecule has 0 saturated heterocycles. The summed E-state index contributed by atoms with van der Waals surface area (Å²) < 4.78 is 5.29. The lowest BCUT2D eigenvalue weighted by Gasteiger charge is -2.27. The van der Waals surface area contributed by atoms with E-state index >= 15 is 0 Å². The van der Waals surface area contributed by atoms with Crippen molar-refractivity contribution < 1.29 is 9.53 Å². The van der Waals surface area contributed by atoms with Gasteiger partial charge in [0.2, 0.25) is 0 Å². The zero-order valence-corrected chi connectivity index (χ0v) is 14.8. The molecule has 0 fully saturated rings. The Bertz CT molecular complexity index is 784. The third-order valence-electron chi connectivity index (χ3n) is 5.15. The molecule has 0 radical (unpaired) electrons. The van der Waals surface area contributed by atoms with Gasteiger partial charge in [-0.05, 0) is 48.4 Å². The number of carbonyl (C=O) groups is 1. The molecule has 0 bridgehead atoms. The fourth-order valence-electron chi connectivity index (χ4n) is 3.70. The number of amides is 1. The molecule has 1 aliphatic carbocycles. The van der Waals surface area contributed by atoms with E-state index in [-0.39, 0.29) is 12.1 Å². The van der Waals surface area contributed by atoms with Crippen LogP contribution in [0, 0.1) is 5.92 Å². The van der Waals surface area contributed by atoms with Gasteiger partial charge in [-0.15, -0.1) is 11.3 Å². The first-order valence-electron chi connectivity index (χ1n) is 8.55. The minimum atomic E-state index is -0.206. The summed E-state index contributed by atoms with van der Waals surface area (Å²) in [7, 11) is 1.65. The lowest BCUT2D eigenvalue weighted by molar-refractivity contribution is 0.0935. The van der Waals surface area contributed by atoms with Crippen molar-refractivity contribution in [3.63, 3.8) is 0 Å². The van der Waals surface area contributed by atoms with Gasteiger partial charge in [0.25, 0.3) is 5.91 Å². The lowest BCUT2D eigenvalue weighted by Crippen LogP contribution is -2.38. The molecule has 2 N–H and O–H groups in total. The first-order valence-corrected chi connectivity index (χ1v) is 9.37. The van der Waals surface area contributed by atoms with Crippen LogP contribution in [0.1, 0.15) is 52.3 Å². The molecule has 4 nitrogen and oxygen atoms in total. The molecule has 2 unspecified atom stereocenters. The largest absolute Gasteiger partial charge is 0.497 e.